The first kappa shape index (κ1) is 21.9. The monoisotopic (exact) mass is 397 g/mol. The molecule has 0 aliphatic carbocycles. The fraction of sp³-hybridized carbons (Fsp3) is 0.318. The van der Waals surface area contributed by atoms with Crippen molar-refractivity contribution in [1.29, 1.82) is 0 Å². The summed E-state index contributed by atoms with van der Waals surface area (Å²) < 4.78 is 10.7. The van der Waals surface area contributed by atoms with Crippen molar-refractivity contribution >= 4 is 23.7 Å². The van der Waals surface area contributed by atoms with Gasteiger partial charge in [-0.15, -0.1) is 0 Å². The molecule has 29 heavy (non-hydrogen) atoms. The Bertz CT molecular complexity index is 871. The molecule has 0 fully saturated rings. The summed E-state index contributed by atoms with van der Waals surface area (Å²) in [6.07, 6.45) is 2.94. The van der Waals surface area contributed by atoms with Crippen LogP contribution in [0.3, 0.4) is 0 Å². The number of carbonyl (C=O) groups excluding carboxylic acids is 2. The van der Waals surface area contributed by atoms with Gasteiger partial charge in [0.2, 0.25) is 0 Å². The Hall–Kier alpha value is -3.35. The fourth-order valence-corrected chi connectivity index (χ4v) is 2.83. The first-order valence-corrected chi connectivity index (χ1v) is 9.59. The van der Waals surface area contributed by atoms with Gasteiger partial charge in [0.25, 0.3) is 0 Å². The van der Waals surface area contributed by atoms with Crippen molar-refractivity contribution in [2.45, 2.75) is 33.6 Å². The van der Waals surface area contributed by atoms with E-state index in [0.29, 0.717) is 29.4 Å². The Labute approximate surface area is 171 Å². The zero-order valence-electron chi connectivity index (χ0n) is 17.2. The van der Waals surface area contributed by atoms with Crippen LogP contribution < -0.4 is 20.2 Å². The van der Waals surface area contributed by atoms with Crippen LogP contribution >= 0.6 is 0 Å². The van der Waals surface area contributed by atoms with E-state index >= 15 is 0 Å². The molecular weight excluding hydrogens is 370 g/mol. The van der Waals surface area contributed by atoms with Gasteiger partial charge in [0, 0.05) is 5.69 Å². The zero-order valence-corrected chi connectivity index (χ0v) is 17.2. The molecule has 0 aliphatic rings. The van der Waals surface area contributed by atoms with Gasteiger partial charge >= 0.3 is 11.8 Å². The molecular formula is C22H27N3O4. The topological polar surface area (TPSA) is 89.0 Å². The third-order valence-electron chi connectivity index (χ3n) is 4.31. The summed E-state index contributed by atoms with van der Waals surface area (Å²) in [6, 6.07) is 11.1. The number of methoxy groups -OCH3 is 1. The molecule has 0 spiro atoms. The third-order valence-corrected chi connectivity index (χ3v) is 4.31. The lowest BCUT2D eigenvalue weighted by atomic mass is 10.0. The number of benzene rings is 2. The predicted octanol–water partition coefficient (Wildman–Crippen LogP) is 3.31. The van der Waals surface area contributed by atoms with Crippen molar-refractivity contribution in [2.75, 3.05) is 19.0 Å². The van der Waals surface area contributed by atoms with Crippen molar-refractivity contribution in [2.24, 2.45) is 5.10 Å². The van der Waals surface area contributed by atoms with Crippen molar-refractivity contribution < 1.29 is 19.1 Å². The lowest BCUT2D eigenvalue weighted by Crippen LogP contribution is -2.33. The van der Waals surface area contributed by atoms with Crippen molar-refractivity contribution in [3.63, 3.8) is 0 Å². The number of aryl methyl sites for hydroxylation is 2. The smallest absolute Gasteiger partial charge is 0.329 e. The molecule has 2 aromatic carbocycles. The minimum atomic E-state index is -0.840. The second kappa shape index (κ2) is 10.8. The quantitative estimate of drug-likeness (QED) is 0.406. The Kier molecular flexibility index (Phi) is 8.21. The highest BCUT2D eigenvalue weighted by molar-refractivity contribution is 6.39. The standard InChI is InChI=1S/C22H27N3O4/c1-5-16-9-8-10-17(6-2)20(16)24-21(26)22(27)25-23-14-15-11-12-18(28-4)19(13-15)29-7-3/h8-14H,5-7H2,1-4H3,(H,24,26)(H,25,27)/b23-14-. The fourth-order valence-electron chi connectivity index (χ4n) is 2.83. The van der Waals surface area contributed by atoms with Gasteiger partial charge < -0.3 is 14.8 Å². The highest BCUT2D eigenvalue weighted by Crippen LogP contribution is 2.27. The second-order valence-corrected chi connectivity index (χ2v) is 6.15. The lowest BCUT2D eigenvalue weighted by Gasteiger charge is -2.13. The van der Waals surface area contributed by atoms with Crippen LogP contribution in [0.25, 0.3) is 0 Å². The average Bonchev–Trinajstić information content (AvgIpc) is 2.74. The number of nitrogens with zero attached hydrogens (tertiary/aromatic N) is 1. The summed E-state index contributed by atoms with van der Waals surface area (Å²) in [5.74, 6) is -0.421. The van der Waals surface area contributed by atoms with E-state index in [9.17, 15) is 9.59 Å². The maximum absolute atomic E-state index is 12.3. The number of hydrogen-bond acceptors (Lipinski definition) is 5. The minimum Gasteiger partial charge on any atom is -0.493 e. The Balaban J connectivity index is 2.04. The number of amides is 2. The molecule has 0 saturated carbocycles. The van der Waals surface area contributed by atoms with E-state index in [2.05, 4.69) is 15.8 Å². The summed E-state index contributed by atoms with van der Waals surface area (Å²) in [7, 11) is 1.56. The van der Waals surface area contributed by atoms with Gasteiger partial charge in [0.15, 0.2) is 11.5 Å². The van der Waals surface area contributed by atoms with E-state index in [1.54, 1.807) is 25.3 Å². The third kappa shape index (κ3) is 5.81. The first-order chi connectivity index (χ1) is 14.0. The molecule has 0 aliphatic heterocycles. The Morgan fingerprint density at radius 1 is 1.00 bits per heavy atom. The van der Waals surface area contributed by atoms with E-state index < -0.39 is 11.8 Å². The van der Waals surface area contributed by atoms with E-state index in [1.807, 2.05) is 39.0 Å². The Morgan fingerprint density at radius 2 is 1.69 bits per heavy atom. The number of carbonyl (C=O) groups is 2. The minimum absolute atomic E-state index is 0.493. The molecule has 2 rings (SSSR count). The maximum atomic E-state index is 12.3. The number of rotatable bonds is 8. The van der Waals surface area contributed by atoms with Crippen LogP contribution in [0.4, 0.5) is 5.69 Å². The summed E-state index contributed by atoms with van der Waals surface area (Å²) in [5.41, 5.74) is 5.60. The van der Waals surface area contributed by atoms with Gasteiger partial charge in [-0.1, -0.05) is 32.0 Å². The zero-order chi connectivity index (χ0) is 21.2. The summed E-state index contributed by atoms with van der Waals surface area (Å²) in [5, 5.41) is 6.57. The number of anilines is 1. The Morgan fingerprint density at radius 3 is 2.28 bits per heavy atom. The number of hydrogen-bond donors (Lipinski definition) is 2. The van der Waals surface area contributed by atoms with Crippen LogP contribution in [0.1, 0.15) is 37.5 Å². The largest absolute Gasteiger partial charge is 0.493 e. The molecule has 2 amide bonds. The van der Waals surface area contributed by atoms with Gasteiger partial charge in [-0.2, -0.15) is 5.10 Å². The SMILES string of the molecule is CCOc1cc(/C=N\NC(=O)C(=O)Nc2c(CC)cccc2CC)ccc1OC. The van der Waals surface area contributed by atoms with Crippen LogP contribution in [-0.2, 0) is 22.4 Å². The number of ether oxygens (including phenoxy) is 2. The average molecular weight is 397 g/mol. The lowest BCUT2D eigenvalue weighted by molar-refractivity contribution is -0.136. The number of nitrogens with one attached hydrogen (secondary N) is 2. The van der Waals surface area contributed by atoms with Crippen molar-refractivity contribution in [3.8, 4) is 11.5 Å². The maximum Gasteiger partial charge on any atom is 0.329 e. The molecule has 0 saturated heterocycles. The van der Waals surface area contributed by atoms with Crippen molar-refractivity contribution in [1.82, 2.24) is 5.43 Å². The highest BCUT2D eigenvalue weighted by Gasteiger charge is 2.16. The second-order valence-electron chi connectivity index (χ2n) is 6.15. The molecule has 0 radical (unpaired) electrons. The van der Waals surface area contributed by atoms with Gasteiger partial charge in [-0.05, 0) is 54.7 Å². The van der Waals surface area contributed by atoms with Gasteiger partial charge in [-0.25, -0.2) is 5.43 Å². The molecule has 0 bridgehead atoms. The summed E-state index contributed by atoms with van der Waals surface area (Å²) in [6.45, 7) is 6.37. The van der Waals surface area contributed by atoms with Crippen LogP contribution in [0.2, 0.25) is 0 Å². The molecule has 0 unspecified atom stereocenters. The van der Waals surface area contributed by atoms with Crippen LogP contribution in [0, 0.1) is 0 Å². The summed E-state index contributed by atoms with van der Waals surface area (Å²) >= 11 is 0. The molecule has 0 aromatic heterocycles. The van der Waals surface area contributed by atoms with Gasteiger partial charge in [0.1, 0.15) is 0 Å². The molecule has 2 N–H and O–H groups in total. The molecule has 7 heteroatoms. The van der Waals surface area contributed by atoms with E-state index in [-0.39, 0.29) is 0 Å². The van der Waals surface area contributed by atoms with Crippen molar-refractivity contribution in [3.05, 3.63) is 53.1 Å². The van der Waals surface area contributed by atoms with Gasteiger partial charge in [-0.3, -0.25) is 9.59 Å². The van der Waals surface area contributed by atoms with Crippen LogP contribution in [-0.4, -0.2) is 31.7 Å². The molecule has 2 aromatic rings. The number of para-hydroxylation sites is 1. The normalized spacial score (nSPS) is 10.6. The van der Waals surface area contributed by atoms with E-state index in [1.165, 1.54) is 6.21 Å². The van der Waals surface area contributed by atoms with Crippen LogP contribution in [0.15, 0.2) is 41.5 Å². The molecule has 7 nitrogen and oxygen atoms in total. The molecule has 154 valence electrons. The molecule has 0 atom stereocenters. The predicted molar refractivity (Wildman–Crippen MR) is 114 cm³/mol. The first-order valence-electron chi connectivity index (χ1n) is 9.59. The molecule has 0 heterocycles. The van der Waals surface area contributed by atoms with Gasteiger partial charge in [0.05, 0.1) is 19.9 Å². The van der Waals surface area contributed by atoms with Crippen LogP contribution in [0.5, 0.6) is 11.5 Å². The van der Waals surface area contributed by atoms with E-state index in [4.69, 9.17) is 9.47 Å². The highest BCUT2D eigenvalue weighted by atomic mass is 16.5. The van der Waals surface area contributed by atoms with E-state index in [0.717, 1.165) is 24.0 Å². The summed E-state index contributed by atoms with van der Waals surface area (Å²) in [4.78, 5) is 24.4. The number of hydrazone groups is 1.